The third-order valence-corrected chi connectivity index (χ3v) is 1.29. The van der Waals surface area contributed by atoms with Crippen molar-refractivity contribution in [3.05, 3.63) is 11.9 Å². The molecule has 0 unspecified atom stereocenters. The molecule has 1 heterocycles. The average Bonchev–Trinajstić information content (AvgIpc) is 2.31. The fourth-order valence-corrected chi connectivity index (χ4v) is 0.836. The van der Waals surface area contributed by atoms with Crippen LogP contribution in [0.5, 0.6) is 0 Å². The molecule has 1 aromatic rings. The minimum Gasteiger partial charge on any atom is -0.296 e. The summed E-state index contributed by atoms with van der Waals surface area (Å²) < 4.78 is 14.3. The molecule has 4 nitrogen and oxygen atoms in total. The van der Waals surface area contributed by atoms with E-state index in [1.54, 1.807) is 0 Å². The molecule has 0 atom stereocenters. The third-order valence-electron chi connectivity index (χ3n) is 1.29. The molecule has 0 saturated heterocycles. The first-order valence-electron chi connectivity index (χ1n) is 3.55. The van der Waals surface area contributed by atoms with Gasteiger partial charge in [0.2, 0.25) is 0 Å². The van der Waals surface area contributed by atoms with E-state index in [4.69, 9.17) is 0 Å². The summed E-state index contributed by atoms with van der Waals surface area (Å²) in [5, 5.41) is 7.06. The van der Waals surface area contributed by atoms with Crippen LogP contribution in [0.25, 0.3) is 0 Å². The largest absolute Gasteiger partial charge is 0.296 e. The first kappa shape index (κ1) is 8.83. The second-order valence-electron chi connectivity index (χ2n) is 3.15. The maximum absolute atomic E-state index is 13.1. The normalized spacial score (nSPS) is 11.6. The van der Waals surface area contributed by atoms with Gasteiger partial charge >= 0.3 is 0 Å². The van der Waals surface area contributed by atoms with Gasteiger partial charge in [-0.1, -0.05) is 5.21 Å². The van der Waals surface area contributed by atoms with Crippen molar-refractivity contribution in [3.8, 4) is 0 Å². The van der Waals surface area contributed by atoms with E-state index in [-0.39, 0.29) is 6.54 Å². The highest BCUT2D eigenvalue weighted by atomic mass is 19.1. The van der Waals surface area contributed by atoms with Crippen LogP contribution < -0.4 is 0 Å². The maximum Gasteiger partial charge on any atom is 0.169 e. The molecule has 0 aliphatic carbocycles. The van der Waals surface area contributed by atoms with Gasteiger partial charge in [0.15, 0.2) is 6.29 Å². The maximum atomic E-state index is 13.1. The fourth-order valence-electron chi connectivity index (χ4n) is 0.836. The van der Waals surface area contributed by atoms with Crippen molar-refractivity contribution in [2.75, 3.05) is 0 Å². The van der Waals surface area contributed by atoms with Gasteiger partial charge in [-0.15, -0.1) is 5.10 Å². The van der Waals surface area contributed by atoms with E-state index in [2.05, 4.69) is 10.3 Å². The number of hydrogen-bond acceptors (Lipinski definition) is 3. The Morgan fingerprint density at radius 3 is 2.92 bits per heavy atom. The van der Waals surface area contributed by atoms with Crippen LogP contribution in [0.1, 0.15) is 24.3 Å². The zero-order valence-electron chi connectivity index (χ0n) is 6.99. The zero-order valence-corrected chi connectivity index (χ0v) is 6.99. The van der Waals surface area contributed by atoms with Crippen LogP contribution in [0, 0.1) is 0 Å². The van der Waals surface area contributed by atoms with Gasteiger partial charge in [-0.2, -0.15) is 0 Å². The number of nitrogens with zero attached hydrogens (tertiary/aromatic N) is 3. The molecule has 5 heteroatoms. The fraction of sp³-hybridized carbons (Fsp3) is 0.571. The summed E-state index contributed by atoms with van der Waals surface area (Å²) in [4.78, 5) is 10.4. The number of hydrogen-bond donors (Lipinski definition) is 0. The minimum absolute atomic E-state index is 0.0427. The van der Waals surface area contributed by atoms with Gasteiger partial charge in [0.25, 0.3) is 0 Å². The van der Waals surface area contributed by atoms with Crippen molar-refractivity contribution in [1.82, 2.24) is 15.0 Å². The Morgan fingerprint density at radius 2 is 2.42 bits per heavy atom. The Morgan fingerprint density at radius 1 is 1.75 bits per heavy atom. The molecule has 0 fully saturated rings. The van der Waals surface area contributed by atoms with Crippen LogP contribution >= 0.6 is 0 Å². The van der Waals surface area contributed by atoms with E-state index >= 15 is 0 Å². The molecule has 0 spiro atoms. The molecule has 12 heavy (non-hydrogen) atoms. The van der Waals surface area contributed by atoms with Crippen molar-refractivity contribution < 1.29 is 9.18 Å². The van der Waals surface area contributed by atoms with Crippen LogP contribution in [0.4, 0.5) is 4.39 Å². The quantitative estimate of drug-likeness (QED) is 0.633. The molecule has 1 rings (SSSR count). The molecule has 0 bridgehead atoms. The Kier molecular flexibility index (Phi) is 2.21. The molecule has 0 aliphatic rings. The van der Waals surface area contributed by atoms with Crippen molar-refractivity contribution in [3.63, 3.8) is 0 Å². The lowest BCUT2D eigenvalue weighted by Crippen LogP contribution is -2.23. The Balaban J connectivity index is 2.81. The van der Waals surface area contributed by atoms with E-state index in [1.807, 2.05) is 0 Å². The first-order valence-corrected chi connectivity index (χ1v) is 3.55. The lowest BCUT2D eigenvalue weighted by atomic mass is 10.2. The van der Waals surface area contributed by atoms with Crippen molar-refractivity contribution in [2.24, 2.45) is 0 Å². The van der Waals surface area contributed by atoms with E-state index in [0.717, 1.165) is 0 Å². The highest BCUT2D eigenvalue weighted by Gasteiger charge is 2.18. The van der Waals surface area contributed by atoms with Crippen molar-refractivity contribution in [2.45, 2.75) is 26.1 Å². The summed E-state index contributed by atoms with van der Waals surface area (Å²) in [6.07, 6.45) is 1.91. The lowest BCUT2D eigenvalue weighted by molar-refractivity contribution is 0.110. The molecule has 0 aliphatic heterocycles. The second kappa shape index (κ2) is 3.00. The van der Waals surface area contributed by atoms with Gasteiger partial charge in [0, 0.05) is 0 Å². The molecule has 1 aromatic heterocycles. The Labute approximate surface area is 69.4 Å². The third kappa shape index (κ3) is 2.11. The predicted octanol–water partition coefficient (Wildman–Crippen LogP) is 0.839. The molecular formula is C7H10FN3O. The summed E-state index contributed by atoms with van der Waals surface area (Å²) in [5.74, 6) is 0. The molecule has 0 amide bonds. The van der Waals surface area contributed by atoms with E-state index in [0.29, 0.717) is 12.0 Å². The number of carbonyl (C=O) groups excluding carboxylic acids is 1. The predicted molar refractivity (Wildman–Crippen MR) is 40.6 cm³/mol. The van der Waals surface area contributed by atoms with Gasteiger partial charge in [0.1, 0.15) is 11.4 Å². The smallest absolute Gasteiger partial charge is 0.169 e. The SMILES string of the molecule is CC(C)(F)Cn1nncc1C=O. The van der Waals surface area contributed by atoms with Gasteiger partial charge in [-0.25, -0.2) is 9.07 Å². The number of halogens is 1. The van der Waals surface area contributed by atoms with E-state index in [1.165, 1.54) is 24.7 Å². The van der Waals surface area contributed by atoms with Crippen LogP contribution in [-0.2, 0) is 6.54 Å². The van der Waals surface area contributed by atoms with Crippen LogP contribution in [-0.4, -0.2) is 26.9 Å². The van der Waals surface area contributed by atoms with Gasteiger partial charge in [-0.05, 0) is 13.8 Å². The van der Waals surface area contributed by atoms with Crippen molar-refractivity contribution in [1.29, 1.82) is 0 Å². The van der Waals surface area contributed by atoms with E-state index in [9.17, 15) is 9.18 Å². The summed E-state index contributed by atoms with van der Waals surface area (Å²) in [6.45, 7) is 2.88. The molecule has 0 aromatic carbocycles. The number of aldehydes is 1. The number of carbonyl (C=O) groups is 1. The summed E-state index contributed by atoms with van der Waals surface area (Å²) in [6, 6.07) is 0. The highest BCUT2D eigenvalue weighted by molar-refractivity contribution is 5.71. The molecular weight excluding hydrogens is 161 g/mol. The number of rotatable bonds is 3. The number of aromatic nitrogens is 3. The Bertz CT molecular complexity index is 276. The molecule has 66 valence electrons. The Hall–Kier alpha value is -1.26. The molecule has 0 radical (unpaired) electrons. The molecule has 0 saturated carbocycles. The van der Waals surface area contributed by atoms with Crippen molar-refractivity contribution >= 4 is 6.29 Å². The lowest BCUT2D eigenvalue weighted by Gasteiger charge is -2.13. The summed E-state index contributed by atoms with van der Waals surface area (Å²) in [7, 11) is 0. The zero-order chi connectivity index (χ0) is 9.19. The monoisotopic (exact) mass is 171 g/mol. The number of alkyl halides is 1. The second-order valence-corrected chi connectivity index (χ2v) is 3.15. The van der Waals surface area contributed by atoms with Crippen LogP contribution in [0.3, 0.4) is 0 Å². The summed E-state index contributed by atoms with van der Waals surface area (Å²) in [5.41, 5.74) is -1.09. The van der Waals surface area contributed by atoms with E-state index < -0.39 is 5.67 Å². The van der Waals surface area contributed by atoms with Crippen LogP contribution in [0.2, 0.25) is 0 Å². The van der Waals surface area contributed by atoms with Crippen LogP contribution in [0.15, 0.2) is 6.20 Å². The average molecular weight is 171 g/mol. The minimum atomic E-state index is -1.38. The topological polar surface area (TPSA) is 47.8 Å². The highest BCUT2D eigenvalue weighted by Crippen LogP contribution is 2.11. The standard InChI is InChI=1S/C7H10FN3O/c1-7(2,8)5-11-6(4-12)3-9-10-11/h3-4H,5H2,1-2H3. The van der Waals surface area contributed by atoms with Gasteiger partial charge in [0.05, 0.1) is 12.7 Å². The summed E-state index contributed by atoms with van der Waals surface area (Å²) >= 11 is 0. The molecule has 0 N–H and O–H groups in total. The van der Waals surface area contributed by atoms with Gasteiger partial charge < -0.3 is 0 Å². The first-order chi connectivity index (χ1) is 5.53. The van der Waals surface area contributed by atoms with Gasteiger partial charge in [-0.3, -0.25) is 4.79 Å².